The second-order valence-electron chi connectivity index (χ2n) is 3.91. The lowest BCUT2D eigenvalue weighted by Crippen LogP contribution is -2.48. The fourth-order valence-electron chi connectivity index (χ4n) is 1.02. The minimum Gasteiger partial charge on any atom is -0.346 e. The molecule has 0 aliphatic heterocycles. The van der Waals surface area contributed by atoms with Crippen LogP contribution >= 0.6 is 0 Å². The summed E-state index contributed by atoms with van der Waals surface area (Å²) in [4.78, 5) is 11.7. The van der Waals surface area contributed by atoms with Crippen molar-refractivity contribution >= 4 is 5.91 Å². The summed E-state index contributed by atoms with van der Waals surface area (Å²) in [6.07, 6.45) is 0. The number of carbonyl (C=O) groups excluding carboxylic acids is 1. The fraction of sp³-hybridized carbons (Fsp3) is 0.364. The number of amides is 1. The van der Waals surface area contributed by atoms with E-state index in [-0.39, 0.29) is 11.4 Å². The van der Waals surface area contributed by atoms with Crippen LogP contribution in [0, 0.1) is 0 Å². The lowest BCUT2D eigenvalue weighted by molar-refractivity contribution is 0.0916. The van der Waals surface area contributed by atoms with Gasteiger partial charge in [-0.05, 0) is 26.0 Å². The largest absolute Gasteiger partial charge is 0.346 e. The SMILES string of the molecule is CC(C)(CN)NC(=O)c1ccccc1. The van der Waals surface area contributed by atoms with Crippen molar-refractivity contribution in [3.63, 3.8) is 0 Å². The molecule has 3 N–H and O–H groups in total. The van der Waals surface area contributed by atoms with Crippen molar-refractivity contribution in [1.82, 2.24) is 5.32 Å². The number of rotatable bonds is 3. The van der Waals surface area contributed by atoms with Crippen molar-refractivity contribution in [3.8, 4) is 0 Å². The van der Waals surface area contributed by atoms with E-state index < -0.39 is 0 Å². The van der Waals surface area contributed by atoms with Crippen LogP contribution in [0.2, 0.25) is 0 Å². The van der Waals surface area contributed by atoms with Crippen molar-refractivity contribution in [2.24, 2.45) is 5.73 Å². The number of carbonyl (C=O) groups is 1. The number of hydrogen-bond acceptors (Lipinski definition) is 2. The Balaban J connectivity index is 2.69. The highest BCUT2D eigenvalue weighted by atomic mass is 16.1. The Bertz CT molecular complexity index is 306. The van der Waals surface area contributed by atoms with Crippen LogP contribution in [0.5, 0.6) is 0 Å². The Morgan fingerprint density at radius 3 is 2.43 bits per heavy atom. The van der Waals surface area contributed by atoms with Gasteiger partial charge in [0.15, 0.2) is 0 Å². The Kier molecular flexibility index (Phi) is 3.25. The third-order valence-electron chi connectivity index (χ3n) is 2.00. The Hall–Kier alpha value is -1.35. The van der Waals surface area contributed by atoms with E-state index in [0.29, 0.717) is 12.1 Å². The zero-order valence-corrected chi connectivity index (χ0v) is 8.58. The lowest BCUT2D eigenvalue weighted by atomic mass is 10.1. The molecule has 3 nitrogen and oxygen atoms in total. The van der Waals surface area contributed by atoms with Gasteiger partial charge in [0.2, 0.25) is 0 Å². The van der Waals surface area contributed by atoms with E-state index in [1.165, 1.54) is 0 Å². The van der Waals surface area contributed by atoms with Crippen LogP contribution in [0.1, 0.15) is 24.2 Å². The summed E-state index contributed by atoms with van der Waals surface area (Å²) < 4.78 is 0. The van der Waals surface area contributed by atoms with Gasteiger partial charge in [-0.2, -0.15) is 0 Å². The normalized spacial score (nSPS) is 11.1. The first-order chi connectivity index (χ1) is 6.55. The zero-order valence-electron chi connectivity index (χ0n) is 8.58. The minimum absolute atomic E-state index is 0.0824. The Labute approximate surface area is 84.3 Å². The Morgan fingerprint density at radius 1 is 1.36 bits per heavy atom. The van der Waals surface area contributed by atoms with E-state index in [1.807, 2.05) is 32.0 Å². The van der Waals surface area contributed by atoms with Crippen LogP contribution in [-0.4, -0.2) is 18.0 Å². The van der Waals surface area contributed by atoms with Crippen molar-refractivity contribution in [2.45, 2.75) is 19.4 Å². The standard InChI is InChI=1S/C11H16N2O/c1-11(2,8-12)13-10(14)9-6-4-3-5-7-9/h3-7H,8,12H2,1-2H3,(H,13,14). The highest BCUT2D eigenvalue weighted by Crippen LogP contribution is 2.03. The van der Waals surface area contributed by atoms with Crippen LogP contribution in [0.3, 0.4) is 0 Å². The highest BCUT2D eigenvalue weighted by Gasteiger charge is 2.18. The van der Waals surface area contributed by atoms with Gasteiger partial charge in [0.05, 0.1) is 0 Å². The molecule has 76 valence electrons. The van der Waals surface area contributed by atoms with Gasteiger partial charge >= 0.3 is 0 Å². The summed E-state index contributed by atoms with van der Waals surface area (Å²) in [5, 5.41) is 2.86. The predicted octanol–water partition coefficient (Wildman–Crippen LogP) is 1.15. The molecule has 1 aromatic carbocycles. The third-order valence-corrected chi connectivity index (χ3v) is 2.00. The van der Waals surface area contributed by atoms with Crippen LogP contribution < -0.4 is 11.1 Å². The molecule has 0 unspecified atom stereocenters. The van der Waals surface area contributed by atoms with Crippen molar-refractivity contribution in [3.05, 3.63) is 35.9 Å². The van der Waals surface area contributed by atoms with Crippen LogP contribution in [0.15, 0.2) is 30.3 Å². The molecule has 0 atom stereocenters. The topological polar surface area (TPSA) is 55.1 Å². The van der Waals surface area contributed by atoms with E-state index >= 15 is 0 Å². The molecule has 0 aliphatic rings. The van der Waals surface area contributed by atoms with Gasteiger partial charge in [0.1, 0.15) is 0 Å². The smallest absolute Gasteiger partial charge is 0.251 e. The quantitative estimate of drug-likeness (QED) is 0.755. The van der Waals surface area contributed by atoms with Crippen LogP contribution in [-0.2, 0) is 0 Å². The first kappa shape index (κ1) is 10.7. The predicted molar refractivity (Wildman–Crippen MR) is 57.0 cm³/mol. The average molecular weight is 192 g/mol. The average Bonchev–Trinajstić information content (AvgIpc) is 2.19. The number of nitrogens with one attached hydrogen (secondary N) is 1. The molecular weight excluding hydrogens is 176 g/mol. The molecule has 1 aromatic rings. The van der Waals surface area contributed by atoms with Crippen molar-refractivity contribution in [1.29, 1.82) is 0 Å². The third kappa shape index (κ3) is 2.85. The molecule has 0 spiro atoms. The molecule has 0 bridgehead atoms. The minimum atomic E-state index is -0.354. The summed E-state index contributed by atoms with van der Waals surface area (Å²) >= 11 is 0. The molecular formula is C11H16N2O. The second kappa shape index (κ2) is 4.24. The molecule has 0 radical (unpaired) electrons. The maximum Gasteiger partial charge on any atom is 0.251 e. The summed E-state index contributed by atoms with van der Waals surface area (Å²) in [5.74, 6) is -0.0824. The summed E-state index contributed by atoms with van der Waals surface area (Å²) in [5.41, 5.74) is 5.82. The van der Waals surface area contributed by atoms with Gasteiger partial charge in [-0.25, -0.2) is 0 Å². The van der Waals surface area contributed by atoms with Gasteiger partial charge in [-0.1, -0.05) is 18.2 Å². The summed E-state index contributed by atoms with van der Waals surface area (Å²) in [7, 11) is 0. The monoisotopic (exact) mass is 192 g/mol. The maximum absolute atomic E-state index is 11.7. The van der Waals surface area contributed by atoms with Gasteiger partial charge in [-0.3, -0.25) is 4.79 Å². The lowest BCUT2D eigenvalue weighted by Gasteiger charge is -2.24. The molecule has 3 heteroatoms. The summed E-state index contributed by atoms with van der Waals surface area (Å²) in [6.45, 7) is 4.22. The number of nitrogens with two attached hydrogens (primary N) is 1. The molecule has 0 aliphatic carbocycles. The highest BCUT2D eigenvalue weighted by molar-refractivity contribution is 5.94. The van der Waals surface area contributed by atoms with E-state index in [2.05, 4.69) is 5.32 Å². The molecule has 0 saturated heterocycles. The molecule has 14 heavy (non-hydrogen) atoms. The Morgan fingerprint density at radius 2 is 1.93 bits per heavy atom. The van der Waals surface area contributed by atoms with Gasteiger partial charge in [0.25, 0.3) is 5.91 Å². The molecule has 1 rings (SSSR count). The van der Waals surface area contributed by atoms with E-state index in [1.54, 1.807) is 12.1 Å². The van der Waals surface area contributed by atoms with E-state index in [9.17, 15) is 4.79 Å². The fourth-order valence-corrected chi connectivity index (χ4v) is 1.02. The number of benzene rings is 1. The first-order valence-electron chi connectivity index (χ1n) is 4.63. The molecule has 1 amide bonds. The van der Waals surface area contributed by atoms with Gasteiger partial charge < -0.3 is 11.1 Å². The van der Waals surface area contributed by atoms with E-state index in [0.717, 1.165) is 0 Å². The van der Waals surface area contributed by atoms with Crippen molar-refractivity contribution < 1.29 is 4.79 Å². The molecule has 0 fully saturated rings. The van der Waals surface area contributed by atoms with Crippen LogP contribution in [0.25, 0.3) is 0 Å². The molecule has 0 aromatic heterocycles. The van der Waals surface area contributed by atoms with Gasteiger partial charge in [-0.15, -0.1) is 0 Å². The summed E-state index contributed by atoms with van der Waals surface area (Å²) in [6, 6.07) is 9.11. The second-order valence-corrected chi connectivity index (χ2v) is 3.91. The number of hydrogen-bond donors (Lipinski definition) is 2. The molecule has 0 heterocycles. The zero-order chi connectivity index (χ0) is 10.6. The first-order valence-corrected chi connectivity index (χ1v) is 4.63. The maximum atomic E-state index is 11.7. The van der Waals surface area contributed by atoms with Crippen LogP contribution in [0.4, 0.5) is 0 Å². The van der Waals surface area contributed by atoms with E-state index in [4.69, 9.17) is 5.73 Å². The van der Waals surface area contributed by atoms with Gasteiger partial charge in [0, 0.05) is 17.6 Å². The van der Waals surface area contributed by atoms with Crippen molar-refractivity contribution in [2.75, 3.05) is 6.54 Å². The molecule has 0 saturated carbocycles.